The van der Waals surface area contributed by atoms with Gasteiger partial charge in [0.15, 0.2) is 5.78 Å². The normalized spacial score (nSPS) is 36.2. The van der Waals surface area contributed by atoms with E-state index in [4.69, 9.17) is 9.47 Å². The van der Waals surface area contributed by atoms with Gasteiger partial charge < -0.3 is 50.3 Å². The number of ether oxygens (including phenoxy) is 2. The van der Waals surface area contributed by atoms with Gasteiger partial charge in [-0.2, -0.15) is 0 Å². The maximum absolute atomic E-state index is 14.9. The lowest BCUT2D eigenvalue weighted by Crippen LogP contribution is -2.73. The number of aliphatic hydroxyl groups is 7. The number of hydrogen-bond donors (Lipinski definition) is 8. The second-order valence-electron chi connectivity index (χ2n) is 13.8. The molecule has 11 nitrogen and oxygen atoms in total. The van der Waals surface area contributed by atoms with Gasteiger partial charge in [0.05, 0.1) is 17.6 Å². The number of allylic oxidation sites excluding steroid dienone is 1. The Morgan fingerprint density at radius 1 is 1.00 bits per heavy atom. The molecule has 1 saturated heterocycles. The van der Waals surface area contributed by atoms with Gasteiger partial charge in [-0.05, 0) is 20.8 Å². The molecule has 0 aromatic heterocycles. The Morgan fingerprint density at radius 3 is 2.34 bits per heavy atom. The lowest BCUT2D eigenvalue weighted by molar-refractivity contribution is -0.277. The highest BCUT2D eigenvalue weighted by Crippen LogP contribution is 2.72. The lowest BCUT2D eigenvalue weighted by atomic mass is 9.40. The number of fused-ring (bicyclic) bond motifs is 6. The molecule has 47 heavy (non-hydrogen) atoms. The van der Waals surface area contributed by atoms with Crippen molar-refractivity contribution in [2.45, 2.75) is 80.6 Å². The van der Waals surface area contributed by atoms with Gasteiger partial charge in [-0.3, -0.25) is 4.79 Å². The first-order valence-electron chi connectivity index (χ1n) is 15.6. The van der Waals surface area contributed by atoms with E-state index in [9.17, 15) is 45.6 Å². The monoisotopic (exact) mass is 646 g/mol. The molecule has 3 aromatic carbocycles. The van der Waals surface area contributed by atoms with Crippen molar-refractivity contribution in [2.75, 3.05) is 6.61 Å². The summed E-state index contributed by atoms with van der Waals surface area (Å²) in [4.78, 5) is 14.9. The van der Waals surface area contributed by atoms with E-state index in [-0.39, 0.29) is 45.6 Å². The van der Waals surface area contributed by atoms with Crippen LogP contribution in [0.25, 0.3) is 10.8 Å². The number of benzene rings is 3. The number of aromatic hydroxyl groups is 1. The number of aliphatic hydroxyl groups excluding tert-OH is 4. The summed E-state index contributed by atoms with van der Waals surface area (Å²) >= 11 is 0. The molecule has 248 valence electrons. The average Bonchev–Trinajstić information content (AvgIpc) is 3.03. The summed E-state index contributed by atoms with van der Waals surface area (Å²) < 4.78 is 12.1. The Labute approximate surface area is 270 Å². The Morgan fingerprint density at radius 2 is 1.66 bits per heavy atom. The fraction of sp³-hybridized carbons (Fsp3) is 0.417. The van der Waals surface area contributed by atoms with Crippen molar-refractivity contribution in [3.05, 3.63) is 94.6 Å². The second-order valence-corrected chi connectivity index (χ2v) is 13.8. The SMILES string of the molecule is CC1=C[C@@H]2c3c(c(O)c4ccccc4c3O[C@@H]3O[C@H](CO)[C@@H](O)[C@H](O)[C@H]3O)[C@@]3(O)c4ccccc4C(=O)[C@]2(/C=C/C(C)(C)O)[C@@]3(O)C1. The Kier molecular flexibility index (Phi) is 7.08. The van der Waals surface area contributed by atoms with Crippen molar-refractivity contribution in [3.63, 3.8) is 0 Å². The van der Waals surface area contributed by atoms with Crippen LogP contribution in [0.2, 0.25) is 0 Å². The van der Waals surface area contributed by atoms with Crippen LogP contribution >= 0.6 is 0 Å². The van der Waals surface area contributed by atoms with Crippen molar-refractivity contribution >= 4 is 16.6 Å². The van der Waals surface area contributed by atoms with Crippen LogP contribution in [0.5, 0.6) is 11.5 Å². The van der Waals surface area contributed by atoms with Gasteiger partial charge in [0.2, 0.25) is 6.29 Å². The molecule has 1 heterocycles. The van der Waals surface area contributed by atoms with E-state index < -0.39 is 71.2 Å². The number of rotatable bonds is 5. The zero-order valence-electron chi connectivity index (χ0n) is 26.0. The van der Waals surface area contributed by atoms with Crippen molar-refractivity contribution in [1.29, 1.82) is 0 Å². The molecule has 4 aliphatic rings. The Balaban J connectivity index is 1.63. The fourth-order valence-electron chi connectivity index (χ4n) is 8.26. The summed E-state index contributed by atoms with van der Waals surface area (Å²) in [7, 11) is 0. The molecule has 0 amide bonds. The predicted molar refractivity (Wildman–Crippen MR) is 168 cm³/mol. The molecule has 0 unspecified atom stereocenters. The minimum absolute atomic E-state index is 0.0256. The van der Waals surface area contributed by atoms with E-state index in [0.29, 0.717) is 11.0 Å². The van der Waals surface area contributed by atoms with E-state index in [2.05, 4.69) is 0 Å². The van der Waals surface area contributed by atoms with Crippen molar-refractivity contribution in [2.24, 2.45) is 5.41 Å². The van der Waals surface area contributed by atoms with Crippen molar-refractivity contribution in [1.82, 2.24) is 0 Å². The van der Waals surface area contributed by atoms with Gasteiger partial charge in [-0.15, -0.1) is 0 Å². The van der Waals surface area contributed by atoms with Crippen LogP contribution < -0.4 is 4.74 Å². The summed E-state index contributed by atoms with van der Waals surface area (Å²) in [6.07, 6.45) is -3.71. The van der Waals surface area contributed by atoms with E-state index in [1.165, 1.54) is 32.1 Å². The summed E-state index contributed by atoms with van der Waals surface area (Å²) in [5.41, 5.74) is -7.24. The van der Waals surface area contributed by atoms with Gasteiger partial charge in [-0.1, -0.05) is 72.3 Å². The number of carbonyl (C=O) groups is 1. The number of hydrogen-bond acceptors (Lipinski definition) is 11. The molecule has 1 fully saturated rings. The van der Waals surface area contributed by atoms with Crippen LogP contribution in [0, 0.1) is 5.41 Å². The highest BCUT2D eigenvalue weighted by molar-refractivity contribution is 6.09. The highest BCUT2D eigenvalue weighted by Gasteiger charge is 2.77. The Bertz CT molecular complexity index is 1860. The molecule has 11 heteroatoms. The number of ketones is 1. The van der Waals surface area contributed by atoms with Crippen molar-refractivity contribution < 1.29 is 55.1 Å². The first kappa shape index (κ1) is 31.9. The molecule has 9 atom stereocenters. The van der Waals surface area contributed by atoms with Gasteiger partial charge in [0.1, 0.15) is 47.1 Å². The quantitative estimate of drug-likeness (QED) is 0.188. The number of phenolic OH excluding ortho intramolecular Hbond substituents is 1. The molecule has 0 radical (unpaired) electrons. The molecule has 1 aliphatic heterocycles. The van der Waals surface area contributed by atoms with Crippen LogP contribution in [0.15, 0.2) is 72.3 Å². The second kappa shape index (κ2) is 10.4. The molecular formula is C36H38O11. The molecule has 4 bridgehead atoms. The maximum Gasteiger partial charge on any atom is 0.229 e. The molecular weight excluding hydrogens is 608 g/mol. The third-order valence-corrected chi connectivity index (χ3v) is 10.4. The van der Waals surface area contributed by atoms with E-state index in [1.807, 2.05) is 0 Å². The fourth-order valence-corrected chi connectivity index (χ4v) is 8.26. The zero-order valence-corrected chi connectivity index (χ0v) is 26.0. The third kappa shape index (κ3) is 4.06. The minimum atomic E-state index is -2.43. The number of Topliss-reactive ketones (excluding diaryl/α,β-unsaturated/α-hetero) is 1. The van der Waals surface area contributed by atoms with Gasteiger partial charge in [0, 0.05) is 45.4 Å². The van der Waals surface area contributed by atoms with Crippen LogP contribution in [0.4, 0.5) is 0 Å². The summed E-state index contributed by atoms with van der Waals surface area (Å²) in [6.45, 7) is 4.08. The summed E-state index contributed by atoms with van der Waals surface area (Å²) in [6, 6.07) is 12.9. The van der Waals surface area contributed by atoms with Gasteiger partial charge in [-0.25, -0.2) is 0 Å². The standard InChI is InChI=1S/C36H38O11/c1-17-14-22-24-25(26(38)18-8-4-5-9-19(18)30(24)47-32-29(41)28(40)27(39)23(16-37)46-32)36(45)21-11-7-6-10-20(21)31(42)34(22,35(36,44)15-17)13-12-33(2,3)43/h4-14,22-23,27-29,32,37-41,43-45H,15-16H2,1-3H3/b13-12+/t22-,23-,27-,28+,29-,32+,34-,35+,36+/m1/s1. The Hall–Kier alpha value is -3.65. The number of carbonyl (C=O) groups excluding carboxylic acids is 1. The topological polar surface area (TPSA) is 197 Å². The molecule has 3 aliphatic carbocycles. The summed E-state index contributed by atoms with van der Waals surface area (Å²) in [5.74, 6) is -2.01. The van der Waals surface area contributed by atoms with E-state index in [1.54, 1.807) is 55.5 Å². The van der Waals surface area contributed by atoms with Crippen molar-refractivity contribution in [3.8, 4) is 11.5 Å². The molecule has 0 saturated carbocycles. The maximum atomic E-state index is 14.9. The average molecular weight is 647 g/mol. The smallest absolute Gasteiger partial charge is 0.229 e. The molecule has 3 aromatic rings. The van der Waals surface area contributed by atoms with Gasteiger partial charge in [0.25, 0.3) is 0 Å². The lowest BCUT2D eigenvalue weighted by Gasteiger charge is -2.64. The van der Waals surface area contributed by atoms with Crippen LogP contribution in [0.1, 0.15) is 60.2 Å². The predicted octanol–water partition coefficient (Wildman–Crippen LogP) is 1.65. The molecule has 8 N–H and O–H groups in total. The minimum Gasteiger partial charge on any atom is -0.507 e. The van der Waals surface area contributed by atoms with E-state index in [0.717, 1.165) is 0 Å². The summed E-state index contributed by atoms with van der Waals surface area (Å²) in [5, 5.41) is 91.6. The molecule has 0 spiro atoms. The number of phenols is 1. The largest absolute Gasteiger partial charge is 0.507 e. The van der Waals surface area contributed by atoms with Crippen LogP contribution in [-0.2, 0) is 10.3 Å². The third-order valence-electron chi connectivity index (χ3n) is 10.4. The molecule has 7 rings (SSSR count). The van der Waals surface area contributed by atoms with Crippen LogP contribution in [0.3, 0.4) is 0 Å². The first-order valence-corrected chi connectivity index (χ1v) is 15.6. The van der Waals surface area contributed by atoms with E-state index >= 15 is 0 Å². The zero-order chi connectivity index (χ0) is 33.8. The first-order chi connectivity index (χ1) is 22.1. The highest BCUT2D eigenvalue weighted by atomic mass is 16.7. The van der Waals surface area contributed by atoms with Gasteiger partial charge >= 0.3 is 0 Å². The van der Waals surface area contributed by atoms with Crippen LogP contribution in [-0.4, -0.2) is 95.2 Å².